The summed E-state index contributed by atoms with van der Waals surface area (Å²) in [6.07, 6.45) is 4.70. The molecule has 0 spiro atoms. The van der Waals surface area contributed by atoms with E-state index in [1.807, 2.05) is 30.5 Å². The minimum Gasteiger partial charge on any atom is -0.543 e. The number of oxazole rings is 1. The maximum atomic E-state index is 13.0. The van der Waals surface area contributed by atoms with E-state index in [9.17, 15) is 19.5 Å². The van der Waals surface area contributed by atoms with Crippen molar-refractivity contribution in [2.75, 3.05) is 24.3 Å². The molecule has 5 N–H and O–H groups in total. The van der Waals surface area contributed by atoms with Gasteiger partial charge in [-0.3, -0.25) is 14.5 Å². The number of hydrogen-bond acceptors (Lipinski definition) is 11. The third kappa shape index (κ3) is 4.31. The fourth-order valence-electron chi connectivity index (χ4n) is 4.34. The van der Waals surface area contributed by atoms with Crippen LogP contribution in [0.15, 0.2) is 63.8 Å². The minimum atomic E-state index is -1.48. The number of nitrogen functional groups attached to an aromatic ring is 2. The van der Waals surface area contributed by atoms with Gasteiger partial charge in [0, 0.05) is 22.1 Å². The number of carboxylic acid groups (broad SMARTS) is 1. The topological polar surface area (TPSA) is 193 Å². The Balaban J connectivity index is 1.38. The highest BCUT2D eigenvalue weighted by atomic mass is 32.2. The Labute approximate surface area is 213 Å². The summed E-state index contributed by atoms with van der Waals surface area (Å²) in [5, 5.41) is 19.5. The number of carbonyl (C=O) groups is 3. The van der Waals surface area contributed by atoms with Gasteiger partial charge in [0.1, 0.15) is 36.2 Å². The molecule has 2 aromatic heterocycles. The van der Waals surface area contributed by atoms with Crippen LogP contribution >= 0.6 is 11.8 Å². The van der Waals surface area contributed by atoms with Gasteiger partial charge in [0.15, 0.2) is 24.7 Å². The van der Waals surface area contributed by atoms with Crippen LogP contribution in [0.3, 0.4) is 0 Å². The van der Waals surface area contributed by atoms with Crippen molar-refractivity contribution < 1.29 is 33.3 Å². The zero-order valence-electron chi connectivity index (χ0n) is 19.4. The first-order valence-electron chi connectivity index (χ1n) is 11.0. The van der Waals surface area contributed by atoms with Crippen LogP contribution in [0, 0.1) is 0 Å². The molecule has 37 heavy (non-hydrogen) atoms. The van der Waals surface area contributed by atoms with E-state index in [0.717, 1.165) is 21.9 Å². The van der Waals surface area contributed by atoms with Crippen molar-refractivity contribution in [1.82, 2.24) is 15.2 Å². The molecule has 2 aliphatic rings. The molecule has 190 valence electrons. The molecular formula is C23H21N7O6S. The number of nitrogens with two attached hydrogens (primary N) is 2. The SMILES string of the molecule is CO/N=C(\C(=O)NC1C(=O)N2C(C(=O)[O-])=C(C[n+]3cc(N)c4ccccc4c3)CS[C@H]12)c1coc(N)n1. The molecule has 5 rings (SSSR count). The van der Waals surface area contributed by atoms with Crippen LogP contribution in [-0.4, -0.2) is 57.7 Å². The largest absolute Gasteiger partial charge is 0.543 e. The van der Waals surface area contributed by atoms with E-state index < -0.39 is 29.2 Å². The molecule has 1 unspecified atom stereocenters. The molecule has 0 saturated carbocycles. The van der Waals surface area contributed by atoms with Crippen LogP contribution in [0.2, 0.25) is 0 Å². The second kappa shape index (κ2) is 9.46. The Hall–Kier alpha value is -4.59. The second-order valence-corrected chi connectivity index (χ2v) is 9.37. The Morgan fingerprint density at radius 3 is 2.84 bits per heavy atom. The lowest BCUT2D eigenvalue weighted by molar-refractivity contribution is -0.687. The van der Waals surface area contributed by atoms with Crippen LogP contribution in [0.5, 0.6) is 0 Å². The highest BCUT2D eigenvalue weighted by Gasteiger charge is 2.53. The predicted octanol–water partition coefficient (Wildman–Crippen LogP) is -1.27. The van der Waals surface area contributed by atoms with Crippen molar-refractivity contribution in [3.05, 3.63) is 59.9 Å². The van der Waals surface area contributed by atoms with E-state index in [4.69, 9.17) is 20.7 Å². The van der Waals surface area contributed by atoms with Crippen LogP contribution in [0.4, 0.5) is 11.7 Å². The van der Waals surface area contributed by atoms with Gasteiger partial charge in [-0.1, -0.05) is 23.4 Å². The zero-order valence-corrected chi connectivity index (χ0v) is 20.2. The molecule has 4 heterocycles. The molecular weight excluding hydrogens is 502 g/mol. The van der Waals surface area contributed by atoms with Gasteiger partial charge in [-0.25, -0.2) is 0 Å². The number of β-lactam (4-membered cyclic amide) rings is 1. The number of fused-ring (bicyclic) bond motifs is 2. The number of anilines is 2. The molecule has 1 fully saturated rings. The molecule has 14 heteroatoms. The molecule has 2 amide bonds. The molecule has 0 bridgehead atoms. The summed E-state index contributed by atoms with van der Waals surface area (Å²) in [6.45, 7) is 0.192. The first-order valence-corrected chi connectivity index (χ1v) is 12.0. The summed E-state index contributed by atoms with van der Waals surface area (Å²) >= 11 is 1.32. The number of benzene rings is 1. The molecule has 1 saturated heterocycles. The lowest BCUT2D eigenvalue weighted by atomic mass is 10.0. The van der Waals surface area contributed by atoms with Gasteiger partial charge in [0.05, 0.1) is 11.7 Å². The average molecular weight is 524 g/mol. The van der Waals surface area contributed by atoms with Crippen molar-refractivity contribution in [2.24, 2.45) is 5.16 Å². The van der Waals surface area contributed by atoms with Crippen molar-refractivity contribution in [3.63, 3.8) is 0 Å². The second-order valence-electron chi connectivity index (χ2n) is 8.27. The van der Waals surface area contributed by atoms with E-state index in [2.05, 4.69) is 15.5 Å². The fraction of sp³-hybridized carbons (Fsp3) is 0.217. The highest BCUT2D eigenvalue weighted by Crippen LogP contribution is 2.40. The predicted molar refractivity (Wildman–Crippen MR) is 130 cm³/mol. The number of carbonyl (C=O) groups excluding carboxylic acids is 3. The number of rotatable bonds is 7. The van der Waals surface area contributed by atoms with Gasteiger partial charge in [-0.15, -0.1) is 11.8 Å². The Morgan fingerprint density at radius 1 is 1.35 bits per heavy atom. The van der Waals surface area contributed by atoms with Gasteiger partial charge in [0.25, 0.3) is 17.8 Å². The van der Waals surface area contributed by atoms with Crippen molar-refractivity contribution in [1.29, 1.82) is 0 Å². The van der Waals surface area contributed by atoms with Crippen LogP contribution in [-0.2, 0) is 25.8 Å². The fourth-order valence-corrected chi connectivity index (χ4v) is 5.68. The van der Waals surface area contributed by atoms with Crippen LogP contribution in [0.25, 0.3) is 10.8 Å². The Kier molecular flexibility index (Phi) is 6.17. The third-order valence-corrected chi connectivity index (χ3v) is 7.28. The third-order valence-electron chi connectivity index (χ3n) is 5.94. The van der Waals surface area contributed by atoms with Crippen molar-refractivity contribution in [2.45, 2.75) is 18.0 Å². The van der Waals surface area contributed by atoms with E-state index >= 15 is 0 Å². The lowest BCUT2D eigenvalue weighted by Crippen LogP contribution is -2.71. The average Bonchev–Trinajstić information content (AvgIpc) is 3.31. The number of thioether (sulfide) groups is 1. The first kappa shape index (κ1) is 24.1. The molecule has 0 aliphatic carbocycles. The van der Waals surface area contributed by atoms with Crippen LogP contribution in [0.1, 0.15) is 5.69 Å². The van der Waals surface area contributed by atoms with Gasteiger partial charge in [-0.2, -0.15) is 9.55 Å². The Morgan fingerprint density at radius 2 is 2.14 bits per heavy atom. The van der Waals surface area contributed by atoms with Crippen molar-refractivity contribution in [3.8, 4) is 0 Å². The molecule has 3 aromatic rings. The number of aromatic nitrogens is 2. The standard InChI is InChI=1S/C23H21N7O6S/c1-35-28-16(15-9-36-23(25)26-15)19(31)27-17-20(32)30-18(22(33)34)12(10-37-21(17)30)7-29-6-11-4-2-3-5-13(11)14(24)8-29/h2-6,8-9,17,21H,7,10,24H2,1H3,(H3-,25,26,27,31,33,34)/b28-16-/t17?,21-/m1/s1. The highest BCUT2D eigenvalue weighted by molar-refractivity contribution is 8.00. The van der Waals surface area contributed by atoms with Gasteiger partial charge >= 0.3 is 0 Å². The molecule has 0 radical (unpaired) electrons. The first-order chi connectivity index (χ1) is 17.8. The van der Waals surface area contributed by atoms with E-state index in [-0.39, 0.29) is 29.7 Å². The zero-order chi connectivity index (χ0) is 26.3. The summed E-state index contributed by atoms with van der Waals surface area (Å²) in [4.78, 5) is 47.7. The summed E-state index contributed by atoms with van der Waals surface area (Å²) < 4.78 is 6.68. The normalized spacial score (nSPS) is 19.4. The maximum Gasteiger partial charge on any atom is 0.292 e. The van der Waals surface area contributed by atoms with Crippen molar-refractivity contribution >= 4 is 57.7 Å². The number of amides is 2. The summed E-state index contributed by atoms with van der Waals surface area (Å²) in [7, 11) is 1.24. The van der Waals surface area contributed by atoms with Gasteiger partial charge in [0.2, 0.25) is 0 Å². The molecule has 2 aliphatic heterocycles. The smallest absolute Gasteiger partial charge is 0.292 e. The van der Waals surface area contributed by atoms with Gasteiger partial charge in [-0.05, 0) is 6.07 Å². The number of oxime groups is 1. The summed E-state index contributed by atoms with van der Waals surface area (Å²) in [5.41, 5.74) is 12.2. The lowest BCUT2D eigenvalue weighted by Gasteiger charge is -2.50. The summed E-state index contributed by atoms with van der Waals surface area (Å²) in [5.74, 6) is -2.54. The maximum absolute atomic E-state index is 13.0. The number of hydrogen-bond donors (Lipinski definition) is 3. The van der Waals surface area contributed by atoms with E-state index in [1.54, 1.807) is 10.8 Å². The van der Waals surface area contributed by atoms with E-state index in [0.29, 0.717) is 17.0 Å². The van der Waals surface area contributed by atoms with Gasteiger partial charge < -0.3 is 35.9 Å². The summed E-state index contributed by atoms with van der Waals surface area (Å²) in [6, 6.07) is 6.39. The van der Waals surface area contributed by atoms with Crippen LogP contribution < -0.4 is 26.5 Å². The molecule has 13 nitrogen and oxygen atoms in total. The Bertz CT molecular complexity index is 1500. The number of nitrogens with zero attached hydrogens (tertiary/aromatic N) is 4. The quantitative estimate of drug-likeness (QED) is 0.146. The number of nitrogens with one attached hydrogen (secondary N) is 1. The monoisotopic (exact) mass is 523 g/mol. The number of pyridine rings is 1. The van der Waals surface area contributed by atoms with E-state index in [1.165, 1.54) is 18.9 Å². The molecule has 2 atom stereocenters. The number of aliphatic carboxylic acids is 1. The molecule has 1 aromatic carbocycles. The number of carboxylic acids is 1. The minimum absolute atomic E-state index is 0.0149.